The van der Waals surface area contributed by atoms with Crippen LogP contribution in [0.15, 0.2) is 24.4 Å². The minimum atomic E-state index is -0.0977. The summed E-state index contributed by atoms with van der Waals surface area (Å²) >= 11 is 0. The van der Waals surface area contributed by atoms with Crippen LogP contribution in [0.1, 0.15) is 27.2 Å². The van der Waals surface area contributed by atoms with Gasteiger partial charge < -0.3 is 5.73 Å². The molecule has 1 aromatic heterocycles. The lowest BCUT2D eigenvalue weighted by Crippen LogP contribution is -2.10. The molecule has 0 aliphatic heterocycles. The summed E-state index contributed by atoms with van der Waals surface area (Å²) in [5.74, 6) is -0.0977. The summed E-state index contributed by atoms with van der Waals surface area (Å²) in [6.45, 7) is 4.91. The maximum Gasteiger partial charge on any atom is 0.215 e. The van der Waals surface area contributed by atoms with Crippen molar-refractivity contribution in [2.75, 3.05) is 6.54 Å². The molecule has 0 amide bonds. The van der Waals surface area contributed by atoms with E-state index in [4.69, 9.17) is 5.73 Å². The molecule has 0 saturated carbocycles. The van der Waals surface area contributed by atoms with Gasteiger partial charge in [-0.2, -0.15) is 0 Å². The van der Waals surface area contributed by atoms with Crippen LogP contribution < -0.4 is 5.73 Å². The molecule has 5 heteroatoms. The number of aromatic nitrogens is 3. The number of aryl methyl sites for hydroxylation is 2. The Balaban J connectivity index is 2.32. The van der Waals surface area contributed by atoms with Crippen LogP contribution in [-0.2, 0) is 6.54 Å². The van der Waals surface area contributed by atoms with Gasteiger partial charge in [0.15, 0.2) is 5.69 Å². The molecular formula is C13H16N4O. The fourth-order valence-corrected chi connectivity index (χ4v) is 1.76. The summed E-state index contributed by atoms with van der Waals surface area (Å²) in [4.78, 5) is 12.3. The number of hydrogen-bond acceptors (Lipinski definition) is 4. The molecule has 0 saturated heterocycles. The van der Waals surface area contributed by atoms with Crippen LogP contribution in [0.5, 0.6) is 0 Å². The van der Waals surface area contributed by atoms with Crippen molar-refractivity contribution >= 4 is 5.78 Å². The first-order chi connectivity index (χ1) is 8.61. The lowest BCUT2D eigenvalue weighted by molar-refractivity contribution is 0.103. The SMILES string of the molecule is Cc1ccc(C)c(C(=O)c2cn(CCN)nn2)c1. The Morgan fingerprint density at radius 2 is 2.17 bits per heavy atom. The molecule has 0 fully saturated rings. The highest BCUT2D eigenvalue weighted by atomic mass is 16.1. The molecule has 5 nitrogen and oxygen atoms in total. The highest BCUT2D eigenvalue weighted by molar-refractivity contribution is 6.08. The average Bonchev–Trinajstić information content (AvgIpc) is 2.80. The maximum absolute atomic E-state index is 12.3. The Morgan fingerprint density at radius 1 is 1.39 bits per heavy atom. The van der Waals surface area contributed by atoms with Crippen LogP contribution >= 0.6 is 0 Å². The third-order valence-electron chi connectivity index (χ3n) is 2.77. The lowest BCUT2D eigenvalue weighted by Gasteiger charge is -2.03. The van der Waals surface area contributed by atoms with Gasteiger partial charge in [-0.15, -0.1) is 5.10 Å². The van der Waals surface area contributed by atoms with Crippen molar-refractivity contribution in [1.29, 1.82) is 0 Å². The van der Waals surface area contributed by atoms with Gasteiger partial charge in [0.1, 0.15) is 0 Å². The number of benzene rings is 1. The standard InChI is InChI=1S/C13H16N4O/c1-9-3-4-10(2)11(7-9)13(18)12-8-17(6-5-14)16-15-12/h3-4,7-8H,5-6,14H2,1-2H3. The van der Waals surface area contributed by atoms with Gasteiger partial charge in [-0.05, 0) is 25.5 Å². The molecule has 0 bridgehead atoms. The summed E-state index contributed by atoms with van der Waals surface area (Å²) in [5.41, 5.74) is 8.46. The first-order valence-corrected chi connectivity index (χ1v) is 5.84. The molecule has 0 spiro atoms. The molecule has 0 aliphatic carbocycles. The van der Waals surface area contributed by atoms with Crippen LogP contribution in [0.3, 0.4) is 0 Å². The van der Waals surface area contributed by atoms with E-state index in [1.807, 2.05) is 32.0 Å². The number of nitrogens with two attached hydrogens (primary N) is 1. The minimum Gasteiger partial charge on any atom is -0.329 e. The normalized spacial score (nSPS) is 10.6. The molecule has 94 valence electrons. The smallest absolute Gasteiger partial charge is 0.215 e. The van der Waals surface area contributed by atoms with Crippen molar-refractivity contribution in [1.82, 2.24) is 15.0 Å². The molecule has 0 unspecified atom stereocenters. The Bertz CT molecular complexity index is 574. The molecule has 1 heterocycles. The predicted octanol–water partition coefficient (Wildman–Crippen LogP) is 1.08. The van der Waals surface area contributed by atoms with Crippen molar-refractivity contribution in [3.8, 4) is 0 Å². The van der Waals surface area contributed by atoms with Crippen molar-refractivity contribution in [2.45, 2.75) is 20.4 Å². The average molecular weight is 244 g/mol. The van der Waals surface area contributed by atoms with Gasteiger partial charge in [-0.3, -0.25) is 9.48 Å². The van der Waals surface area contributed by atoms with Gasteiger partial charge in [-0.25, -0.2) is 0 Å². The summed E-state index contributed by atoms with van der Waals surface area (Å²) in [5, 5.41) is 7.76. The van der Waals surface area contributed by atoms with Crippen LogP contribution in [-0.4, -0.2) is 27.3 Å². The van der Waals surface area contributed by atoms with Gasteiger partial charge in [0.25, 0.3) is 0 Å². The van der Waals surface area contributed by atoms with Gasteiger partial charge in [-0.1, -0.05) is 22.9 Å². The first-order valence-electron chi connectivity index (χ1n) is 5.84. The molecule has 2 aromatic rings. The number of carbonyl (C=O) groups is 1. The van der Waals surface area contributed by atoms with Crippen LogP contribution in [0, 0.1) is 13.8 Å². The summed E-state index contributed by atoms with van der Waals surface area (Å²) in [7, 11) is 0. The second-order valence-electron chi connectivity index (χ2n) is 4.30. The van der Waals surface area contributed by atoms with E-state index in [0.29, 0.717) is 24.3 Å². The third kappa shape index (κ3) is 2.46. The number of ketones is 1. The Hall–Kier alpha value is -2.01. The molecular weight excluding hydrogens is 228 g/mol. The molecule has 0 atom stereocenters. The van der Waals surface area contributed by atoms with E-state index in [-0.39, 0.29) is 5.78 Å². The van der Waals surface area contributed by atoms with Gasteiger partial charge in [0.05, 0.1) is 12.7 Å². The van der Waals surface area contributed by atoms with E-state index in [0.717, 1.165) is 11.1 Å². The molecule has 18 heavy (non-hydrogen) atoms. The van der Waals surface area contributed by atoms with Gasteiger partial charge >= 0.3 is 0 Å². The number of nitrogens with zero attached hydrogens (tertiary/aromatic N) is 3. The number of rotatable bonds is 4. The van der Waals surface area contributed by atoms with Gasteiger partial charge in [0, 0.05) is 12.1 Å². The van der Waals surface area contributed by atoms with Crippen LogP contribution in [0.2, 0.25) is 0 Å². The largest absolute Gasteiger partial charge is 0.329 e. The van der Waals surface area contributed by atoms with Crippen LogP contribution in [0.4, 0.5) is 0 Å². The van der Waals surface area contributed by atoms with Crippen LogP contribution in [0.25, 0.3) is 0 Å². The fourth-order valence-electron chi connectivity index (χ4n) is 1.76. The molecule has 0 aliphatic rings. The Kier molecular flexibility index (Phi) is 3.53. The fraction of sp³-hybridized carbons (Fsp3) is 0.308. The van der Waals surface area contributed by atoms with E-state index in [2.05, 4.69) is 10.3 Å². The zero-order valence-corrected chi connectivity index (χ0v) is 10.6. The molecule has 2 rings (SSSR count). The highest BCUT2D eigenvalue weighted by Gasteiger charge is 2.15. The Morgan fingerprint density at radius 3 is 2.89 bits per heavy atom. The third-order valence-corrected chi connectivity index (χ3v) is 2.77. The topological polar surface area (TPSA) is 73.8 Å². The monoisotopic (exact) mass is 244 g/mol. The number of hydrogen-bond donors (Lipinski definition) is 1. The second-order valence-corrected chi connectivity index (χ2v) is 4.30. The zero-order chi connectivity index (χ0) is 13.1. The quantitative estimate of drug-likeness (QED) is 0.817. The minimum absolute atomic E-state index is 0.0977. The maximum atomic E-state index is 12.3. The summed E-state index contributed by atoms with van der Waals surface area (Å²) in [6, 6.07) is 5.80. The second kappa shape index (κ2) is 5.10. The van der Waals surface area contributed by atoms with E-state index in [1.165, 1.54) is 0 Å². The van der Waals surface area contributed by atoms with E-state index in [9.17, 15) is 4.79 Å². The Labute approximate surface area is 106 Å². The molecule has 1 aromatic carbocycles. The van der Waals surface area contributed by atoms with Crippen molar-refractivity contribution in [3.05, 3.63) is 46.8 Å². The predicted molar refractivity (Wildman–Crippen MR) is 68.4 cm³/mol. The lowest BCUT2D eigenvalue weighted by atomic mass is 10.0. The van der Waals surface area contributed by atoms with Gasteiger partial charge in [0.2, 0.25) is 5.78 Å². The highest BCUT2D eigenvalue weighted by Crippen LogP contribution is 2.14. The van der Waals surface area contributed by atoms with E-state index in [1.54, 1.807) is 10.9 Å². The van der Waals surface area contributed by atoms with Crippen molar-refractivity contribution in [3.63, 3.8) is 0 Å². The first kappa shape index (κ1) is 12.4. The van der Waals surface area contributed by atoms with E-state index < -0.39 is 0 Å². The van der Waals surface area contributed by atoms with Crippen molar-refractivity contribution < 1.29 is 4.79 Å². The summed E-state index contributed by atoms with van der Waals surface area (Å²) < 4.78 is 1.58. The zero-order valence-electron chi connectivity index (χ0n) is 10.6. The number of carbonyl (C=O) groups excluding carboxylic acids is 1. The van der Waals surface area contributed by atoms with E-state index >= 15 is 0 Å². The van der Waals surface area contributed by atoms with Crippen molar-refractivity contribution in [2.24, 2.45) is 5.73 Å². The molecule has 0 radical (unpaired) electrons. The summed E-state index contributed by atoms with van der Waals surface area (Å²) in [6.07, 6.45) is 1.64. The molecule has 2 N–H and O–H groups in total.